The van der Waals surface area contributed by atoms with E-state index in [0.717, 1.165) is 75.8 Å². The van der Waals surface area contributed by atoms with Crippen LogP contribution in [0.4, 0.5) is 0 Å². The first-order valence-corrected chi connectivity index (χ1v) is 11.5. The van der Waals surface area contributed by atoms with Gasteiger partial charge in [0.1, 0.15) is 12.0 Å². The Morgan fingerprint density at radius 1 is 1.09 bits per heavy atom. The van der Waals surface area contributed by atoms with Crippen molar-refractivity contribution in [3.63, 3.8) is 0 Å². The van der Waals surface area contributed by atoms with E-state index in [4.69, 9.17) is 14.2 Å². The number of hydrogen-bond donors (Lipinski definition) is 1. The molecule has 1 aromatic carbocycles. The van der Waals surface area contributed by atoms with Gasteiger partial charge in [0.05, 0.1) is 7.11 Å². The molecule has 3 heterocycles. The number of allylic oxidation sites excluding steroid dienone is 4. The molecule has 0 saturated carbocycles. The fourth-order valence-electron chi connectivity index (χ4n) is 4.57. The molecular formula is C26H31N3O3. The van der Waals surface area contributed by atoms with E-state index in [-0.39, 0.29) is 0 Å². The van der Waals surface area contributed by atoms with Gasteiger partial charge in [-0.1, -0.05) is 18.2 Å². The van der Waals surface area contributed by atoms with Gasteiger partial charge in [-0.2, -0.15) is 0 Å². The van der Waals surface area contributed by atoms with Gasteiger partial charge < -0.3 is 24.1 Å². The van der Waals surface area contributed by atoms with E-state index < -0.39 is 0 Å². The van der Waals surface area contributed by atoms with Gasteiger partial charge in [0, 0.05) is 43.3 Å². The third kappa shape index (κ3) is 4.55. The van der Waals surface area contributed by atoms with Crippen LogP contribution in [0.15, 0.2) is 72.4 Å². The minimum absolute atomic E-state index is 0.813. The molecule has 0 radical (unpaired) electrons. The predicted molar refractivity (Wildman–Crippen MR) is 126 cm³/mol. The molecule has 1 N–H and O–H groups in total. The largest absolute Gasteiger partial charge is 0.497 e. The van der Waals surface area contributed by atoms with Crippen LogP contribution >= 0.6 is 0 Å². The lowest BCUT2D eigenvalue weighted by molar-refractivity contribution is 0.0842. The van der Waals surface area contributed by atoms with Crippen molar-refractivity contribution in [3.05, 3.63) is 77.9 Å². The van der Waals surface area contributed by atoms with E-state index in [2.05, 4.69) is 51.3 Å². The van der Waals surface area contributed by atoms with Crippen LogP contribution in [0.1, 0.15) is 24.8 Å². The van der Waals surface area contributed by atoms with Crippen molar-refractivity contribution < 1.29 is 14.2 Å². The van der Waals surface area contributed by atoms with E-state index in [0.29, 0.717) is 0 Å². The Hall–Kier alpha value is -3.12. The molecule has 5 rings (SSSR count). The van der Waals surface area contributed by atoms with Crippen molar-refractivity contribution in [1.29, 1.82) is 0 Å². The van der Waals surface area contributed by atoms with Crippen LogP contribution in [0.5, 0.6) is 5.75 Å². The Labute approximate surface area is 189 Å². The second-order valence-electron chi connectivity index (χ2n) is 8.49. The normalized spacial score (nSPS) is 19.2. The van der Waals surface area contributed by atoms with Crippen molar-refractivity contribution in [2.45, 2.75) is 25.7 Å². The fraction of sp³-hybridized carbons (Fsp3) is 0.385. The van der Waals surface area contributed by atoms with Gasteiger partial charge in [-0.05, 0) is 61.6 Å². The number of H-pyrrole nitrogens is 1. The zero-order valence-corrected chi connectivity index (χ0v) is 18.7. The number of fused-ring (bicyclic) bond motifs is 1. The molecule has 0 amide bonds. The first-order chi connectivity index (χ1) is 15.8. The molecule has 168 valence electrons. The lowest BCUT2D eigenvalue weighted by Crippen LogP contribution is -2.46. The predicted octanol–water partition coefficient (Wildman–Crippen LogP) is 4.69. The summed E-state index contributed by atoms with van der Waals surface area (Å²) in [6.07, 6.45) is 16.3. The number of rotatable bonds is 7. The standard InChI is InChI=1S/C26H31N3O3/c1-30-22-9-10-24-23(16-22)21(17-27-24)8-5-11-28-12-14-29(15-13-28)26-19-31-25(18-32-26)20-6-3-2-4-7-20/h2-3,6,9-10,16-19,27H,4-5,7-8,11-15H2,1H3. The number of hydrogen-bond acceptors (Lipinski definition) is 5. The van der Waals surface area contributed by atoms with E-state index in [1.165, 1.54) is 22.0 Å². The van der Waals surface area contributed by atoms with Gasteiger partial charge in [0.2, 0.25) is 5.88 Å². The van der Waals surface area contributed by atoms with Gasteiger partial charge in [0.15, 0.2) is 12.0 Å². The minimum atomic E-state index is 0.813. The van der Waals surface area contributed by atoms with Crippen LogP contribution in [-0.2, 0) is 15.9 Å². The van der Waals surface area contributed by atoms with Crippen LogP contribution in [0.25, 0.3) is 10.9 Å². The molecule has 1 aliphatic carbocycles. The Kier molecular flexibility index (Phi) is 6.21. The second kappa shape index (κ2) is 9.57. The summed E-state index contributed by atoms with van der Waals surface area (Å²) >= 11 is 0. The molecule has 1 fully saturated rings. The molecule has 6 nitrogen and oxygen atoms in total. The van der Waals surface area contributed by atoms with Crippen LogP contribution in [0.3, 0.4) is 0 Å². The SMILES string of the molecule is COc1ccc2[nH]cc(CCCN3CCN(C4=COC(C5=CC=CCC5)=CO4)CC3)c2c1. The summed E-state index contributed by atoms with van der Waals surface area (Å²) in [6, 6.07) is 6.21. The van der Waals surface area contributed by atoms with E-state index in [9.17, 15) is 0 Å². The minimum Gasteiger partial charge on any atom is -0.497 e. The van der Waals surface area contributed by atoms with Crippen molar-refractivity contribution in [2.24, 2.45) is 0 Å². The summed E-state index contributed by atoms with van der Waals surface area (Å²) in [4.78, 5) is 8.18. The monoisotopic (exact) mass is 433 g/mol. The quantitative estimate of drug-likeness (QED) is 0.687. The number of aromatic amines is 1. The zero-order chi connectivity index (χ0) is 21.8. The average molecular weight is 434 g/mol. The van der Waals surface area contributed by atoms with Crippen LogP contribution in [-0.4, -0.2) is 54.6 Å². The second-order valence-corrected chi connectivity index (χ2v) is 8.49. The van der Waals surface area contributed by atoms with Crippen LogP contribution in [0.2, 0.25) is 0 Å². The highest BCUT2D eigenvalue weighted by atomic mass is 16.6. The summed E-state index contributed by atoms with van der Waals surface area (Å²) in [6.45, 7) is 5.08. The molecule has 32 heavy (non-hydrogen) atoms. The Morgan fingerprint density at radius 2 is 2.00 bits per heavy atom. The lowest BCUT2D eigenvalue weighted by Gasteiger charge is -2.36. The van der Waals surface area contributed by atoms with Gasteiger partial charge in [-0.15, -0.1) is 0 Å². The molecule has 1 aromatic heterocycles. The maximum atomic E-state index is 5.91. The molecule has 6 heteroatoms. The summed E-state index contributed by atoms with van der Waals surface area (Å²) in [5.74, 6) is 2.55. The molecule has 0 bridgehead atoms. The molecular weight excluding hydrogens is 402 g/mol. The van der Waals surface area contributed by atoms with Crippen LogP contribution in [0, 0.1) is 0 Å². The highest BCUT2D eigenvalue weighted by Crippen LogP contribution is 2.27. The molecule has 3 aliphatic rings. The molecule has 1 saturated heterocycles. The number of aromatic nitrogens is 1. The van der Waals surface area contributed by atoms with E-state index in [1.54, 1.807) is 19.6 Å². The van der Waals surface area contributed by atoms with Crippen LogP contribution < -0.4 is 4.74 Å². The Morgan fingerprint density at radius 3 is 2.75 bits per heavy atom. The number of benzene rings is 1. The van der Waals surface area contributed by atoms with Gasteiger partial charge in [-0.3, -0.25) is 4.90 Å². The summed E-state index contributed by atoms with van der Waals surface area (Å²) in [5, 5.41) is 1.27. The third-order valence-electron chi connectivity index (χ3n) is 6.48. The first kappa shape index (κ1) is 20.8. The highest BCUT2D eigenvalue weighted by molar-refractivity contribution is 5.84. The van der Waals surface area contributed by atoms with E-state index in [1.807, 2.05) is 6.07 Å². The number of methoxy groups -OCH3 is 1. The van der Waals surface area contributed by atoms with Crippen molar-refractivity contribution in [2.75, 3.05) is 39.8 Å². The smallest absolute Gasteiger partial charge is 0.231 e. The first-order valence-electron chi connectivity index (χ1n) is 11.5. The number of piperazine rings is 1. The van der Waals surface area contributed by atoms with Gasteiger partial charge >= 0.3 is 0 Å². The Bertz CT molecular complexity index is 1070. The number of aryl methyl sites for hydroxylation is 1. The van der Waals surface area contributed by atoms with Gasteiger partial charge in [-0.25, -0.2) is 0 Å². The Balaban J connectivity index is 1.07. The summed E-state index contributed by atoms with van der Waals surface area (Å²) in [7, 11) is 1.72. The highest BCUT2D eigenvalue weighted by Gasteiger charge is 2.22. The summed E-state index contributed by atoms with van der Waals surface area (Å²) in [5.41, 5.74) is 3.73. The van der Waals surface area contributed by atoms with Gasteiger partial charge in [0.25, 0.3) is 0 Å². The van der Waals surface area contributed by atoms with E-state index >= 15 is 0 Å². The lowest BCUT2D eigenvalue weighted by atomic mass is 10.0. The molecule has 0 spiro atoms. The zero-order valence-electron chi connectivity index (χ0n) is 18.7. The summed E-state index contributed by atoms with van der Waals surface area (Å²) < 4.78 is 17.2. The van der Waals surface area contributed by atoms with Crippen molar-refractivity contribution >= 4 is 10.9 Å². The average Bonchev–Trinajstić information content (AvgIpc) is 3.27. The molecule has 2 aliphatic heterocycles. The number of nitrogens with one attached hydrogen (secondary N) is 1. The number of ether oxygens (including phenoxy) is 3. The fourth-order valence-corrected chi connectivity index (χ4v) is 4.57. The molecule has 2 aromatic rings. The third-order valence-corrected chi connectivity index (χ3v) is 6.48. The topological polar surface area (TPSA) is 50.0 Å². The maximum Gasteiger partial charge on any atom is 0.231 e. The van der Waals surface area contributed by atoms with Crippen molar-refractivity contribution in [1.82, 2.24) is 14.8 Å². The molecule has 0 atom stereocenters. The number of nitrogens with zero attached hydrogens (tertiary/aromatic N) is 2. The van der Waals surface area contributed by atoms with Crippen molar-refractivity contribution in [3.8, 4) is 5.75 Å². The maximum absolute atomic E-state index is 5.91. The molecule has 0 unspecified atom stereocenters.